The van der Waals surface area contributed by atoms with E-state index >= 15 is 0 Å². The number of rotatable bonds is 8. The zero-order valence-corrected chi connectivity index (χ0v) is 18.4. The normalized spacial score (nSPS) is 15.7. The van der Waals surface area contributed by atoms with Gasteiger partial charge in [-0.3, -0.25) is 0 Å². The number of urea groups is 1. The van der Waals surface area contributed by atoms with Crippen molar-refractivity contribution in [1.29, 1.82) is 0 Å². The van der Waals surface area contributed by atoms with E-state index in [0.717, 1.165) is 5.56 Å². The highest BCUT2D eigenvalue weighted by molar-refractivity contribution is 6.30. The number of carbonyl (C=O) groups excluding carboxylic acids is 2. The summed E-state index contributed by atoms with van der Waals surface area (Å²) in [6.45, 7) is 4.14. The number of halogens is 1. The van der Waals surface area contributed by atoms with Crippen molar-refractivity contribution in [2.45, 2.75) is 32.9 Å². The number of amides is 2. The molecule has 1 atom stereocenters. The zero-order chi connectivity index (χ0) is 22.4. The average molecular weight is 445 g/mol. The summed E-state index contributed by atoms with van der Waals surface area (Å²) in [6, 6.07) is 11.6. The minimum Gasteiger partial charge on any atom is -0.493 e. The molecule has 1 unspecified atom stereocenters. The lowest BCUT2D eigenvalue weighted by molar-refractivity contribution is -0.139. The van der Waals surface area contributed by atoms with E-state index in [-0.39, 0.29) is 12.6 Å². The SMILES string of the molecule is CCOC(=O)C1=C(CC)NC(=O)NC1c1ccc(OC)c(OCc2ccc(Cl)cc2)c1. The van der Waals surface area contributed by atoms with E-state index in [4.69, 9.17) is 25.8 Å². The van der Waals surface area contributed by atoms with Gasteiger partial charge in [0.2, 0.25) is 0 Å². The van der Waals surface area contributed by atoms with E-state index in [9.17, 15) is 9.59 Å². The van der Waals surface area contributed by atoms with Gasteiger partial charge in [0, 0.05) is 10.7 Å². The van der Waals surface area contributed by atoms with E-state index in [1.54, 1.807) is 44.4 Å². The van der Waals surface area contributed by atoms with Gasteiger partial charge in [-0.25, -0.2) is 9.59 Å². The molecule has 0 aliphatic carbocycles. The number of ether oxygens (including phenoxy) is 3. The Bertz CT molecular complexity index is 988. The van der Waals surface area contributed by atoms with Crippen molar-refractivity contribution < 1.29 is 23.8 Å². The van der Waals surface area contributed by atoms with Gasteiger partial charge < -0.3 is 24.8 Å². The molecule has 8 heteroatoms. The first-order valence-corrected chi connectivity index (χ1v) is 10.4. The lowest BCUT2D eigenvalue weighted by atomic mass is 9.94. The standard InChI is InChI=1S/C23H25ClN2O5/c1-4-17-20(22(27)30-5-2)21(26-23(28)25-17)15-8-11-18(29-3)19(12-15)31-13-14-6-9-16(24)10-7-14/h6-12,21H,4-5,13H2,1-3H3,(H2,25,26,28). The number of hydrogen-bond donors (Lipinski definition) is 2. The molecule has 0 aromatic heterocycles. The molecule has 0 saturated carbocycles. The van der Waals surface area contributed by atoms with Gasteiger partial charge in [0.05, 0.1) is 25.3 Å². The van der Waals surface area contributed by atoms with Gasteiger partial charge in [-0.05, 0) is 48.7 Å². The van der Waals surface area contributed by atoms with Gasteiger partial charge >= 0.3 is 12.0 Å². The maximum atomic E-state index is 12.7. The number of hydrogen-bond acceptors (Lipinski definition) is 5. The molecule has 1 aliphatic heterocycles. The van der Waals surface area contributed by atoms with Gasteiger partial charge in [0.1, 0.15) is 6.61 Å². The van der Waals surface area contributed by atoms with Crippen molar-refractivity contribution in [3.63, 3.8) is 0 Å². The van der Waals surface area contributed by atoms with Crippen molar-refractivity contribution in [3.8, 4) is 11.5 Å². The van der Waals surface area contributed by atoms with Crippen LogP contribution in [-0.2, 0) is 16.1 Å². The highest BCUT2D eigenvalue weighted by Crippen LogP contribution is 2.35. The zero-order valence-electron chi connectivity index (χ0n) is 17.7. The Morgan fingerprint density at radius 1 is 1.10 bits per heavy atom. The number of carbonyl (C=O) groups is 2. The summed E-state index contributed by atoms with van der Waals surface area (Å²) in [4.78, 5) is 24.9. The van der Waals surface area contributed by atoms with Crippen LogP contribution < -0.4 is 20.1 Å². The van der Waals surface area contributed by atoms with Gasteiger partial charge in [0.25, 0.3) is 0 Å². The summed E-state index contributed by atoms with van der Waals surface area (Å²) in [5.74, 6) is 0.552. The van der Waals surface area contributed by atoms with Crippen LogP contribution in [0, 0.1) is 0 Å². The minimum absolute atomic E-state index is 0.234. The first kappa shape index (κ1) is 22.5. The largest absolute Gasteiger partial charge is 0.493 e. The molecule has 2 aromatic carbocycles. The number of methoxy groups -OCH3 is 1. The second-order valence-electron chi connectivity index (χ2n) is 6.82. The predicted molar refractivity (Wildman–Crippen MR) is 117 cm³/mol. The molecule has 0 saturated heterocycles. The lowest BCUT2D eigenvalue weighted by Crippen LogP contribution is -2.45. The predicted octanol–water partition coefficient (Wildman–Crippen LogP) is 4.51. The second-order valence-corrected chi connectivity index (χ2v) is 7.26. The molecule has 0 bridgehead atoms. The van der Waals surface area contributed by atoms with Crippen LogP contribution in [0.25, 0.3) is 0 Å². The third-order valence-electron chi connectivity index (χ3n) is 4.83. The fraction of sp³-hybridized carbons (Fsp3) is 0.304. The van der Waals surface area contributed by atoms with E-state index in [0.29, 0.717) is 46.4 Å². The lowest BCUT2D eigenvalue weighted by Gasteiger charge is -2.29. The van der Waals surface area contributed by atoms with Crippen LogP contribution in [-0.4, -0.2) is 25.7 Å². The summed E-state index contributed by atoms with van der Waals surface area (Å²) in [5, 5.41) is 6.17. The Labute approximate surface area is 186 Å². The van der Waals surface area contributed by atoms with Gasteiger partial charge in [-0.2, -0.15) is 0 Å². The van der Waals surface area contributed by atoms with Gasteiger partial charge in [-0.15, -0.1) is 0 Å². The van der Waals surface area contributed by atoms with Crippen molar-refractivity contribution >= 4 is 23.6 Å². The molecule has 7 nitrogen and oxygen atoms in total. The summed E-state index contributed by atoms with van der Waals surface area (Å²) < 4.78 is 16.6. The monoisotopic (exact) mass is 444 g/mol. The molecule has 0 radical (unpaired) electrons. The molecule has 3 rings (SSSR count). The molecule has 2 aromatic rings. The molecule has 0 fully saturated rings. The van der Waals surface area contributed by atoms with Gasteiger partial charge in [-0.1, -0.05) is 36.7 Å². The molecule has 1 aliphatic rings. The first-order valence-electron chi connectivity index (χ1n) is 9.99. The van der Waals surface area contributed by atoms with E-state index < -0.39 is 12.0 Å². The van der Waals surface area contributed by atoms with Crippen LogP contribution in [0.3, 0.4) is 0 Å². The Balaban J connectivity index is 1.94. The summed E-state index contributed by atoms with van der Waals surface area (Å²) in [6.07, 6.45) is 0.480. The Morgan fingerprint density at radius 2 is 1.84 bits per heavy atom. The van der Waals surface area contributed by atoms with Crippen molar-refractivity contribution in [1.82, 2.24) is 10.6 Å². The third kappa shape index (κ3) is 5.30. The fourth-order valence-electron chi connectivity index (χ4n) is 3.32. The van der Waals surface area contributed by atoms with Crippen molar-refractivity contribution in [3.05, 3.63) is 69.9 Å². The molecule has 1 heterocycles. The topological polar surface area (TPSA) is 85.9 Å². The third-order valence-corrected chi connectivity index (χ3v) is 5.08. The number of esters is 1. The summed E-state index contributed by atoms with van der Waals surface area (Å²) in [7, 11) is 1.55. The second kappa shape index (κ2) is 10.2. The van der Waals surface area contributed by atoms with Crippen LogP contribution >= 0.6 is 11.6 Å². The van der Waals surface area contributed by atoms with E-state index in [1.807, 2.05) is 19.1 Å². The quantitative estimate of drug-likeness (QED) is 0.585. The molecule has 2 amide bonds. The number of benzene rings is 2. The molecular formula is C23H25ClN2O5. The smallest absolute Gasteiger partial charge is 0.338 e. The molecule has 2 N–H and O–H groups in total. The maximum absolute atomic E-state index is 12.7. The first-order chi connectivity index (χ1) is 15.0. The Morgan fingerprint density at radius 3 is 2.48 bits per heavy atom. The molecular weight excluding hydrogens is 420 g/mol. The minimum atomic E-state index is -0.675. The molecule has 31 heavy (non-hydrogen) atoms. The van der Waals surface area contributed by atoms with Crippen LogP contribution in [0.2, 0.25) is 5.02 Å². The van der Waals surface area contributed by atoms with Crippen molar-refractivity contribution in [2.24, 2.45) is 0 Å². The van der Waals surface area contributed by atoms with Crippen LogP contribution in [0.15, 0.2) is 53.7 Å². The number of allylic oxidation sites excluding steroid dienone is 1. The average Bonchev–Trinajstić information content (AvgIpc) is 2.78. The van der Waals surface area contributed by atoms with Crippen LogP contribution in [0.1, 0.15) is 37.4 Å². The Kier molecular flexibility index (Phi) is 7.41. The van der Waals surface area contributed by atoms with E-state index in [2.05, 4.69) is 10.6 Å². The van der Waals surface area contributed by atoms with Crippen LogP contribution in [0.4, 0.5) is 4.79 Å². The van der Waals surface area contributed by atoms with Crippen LogP contribution in [0.5, 0.6) is 11.5 Å². The summed E-state index contributed by atoms with van der Waals surface area (Å²) >= 11 is 5.94. The number of nitrogens with one attached hydrogen (secondary N) is 2. The summed E-state index contributed by atoms with van der Waals surface area (Å²) in [5.41, 5.74) is 2.52. The maximum Gasteiger partial charge on any atom is 0.338 e. The highest BCUT2D eigenvalue weighted by Gasteiger charge is 2.33. The van der Waals surface area contributed by atoms with Gasteiger partial charge in [0.15, 0.2) is 11.5 Å². The van der Waals surface area contributed by atoms with E-state index in [1.165, 1.54) is 0 Å². The fourth-order valence-corrected chi connectivity index (χ4v) is 3.45. The molecule has 0 spiro atoms. The highest BCUT2D eigenvalue weighted by atomic mass is 35.5. The molecule has 164 valence electrons. The van der Waals surface area contributed by atoms with Crippen molar-refractivity contribution in [2.75, 3.05) is 13.7 Å². The Hall–Kier alpha value is -3.19.